The van der Waals surface area contributed by atoms with Crippen LogP contribution in [-0.4, -0.2) is 37.0 Å². The van der Waals surface area contributed by atoms with Gasteiger partial charge in [-0.15, -0.1) is 0 Å². The standard InChI is InChI=1S/C22H36N2O/c1-2-3-4-5-6-7-8-9-13-16-22(25)24-19-17-23(18-20-24)21-14-11-10-12-15-21/h10-12,14-15H,2-9,13,16-20H2,1H3. The largest absolute Gasteiger partial charge is 0.368 e. The van der Waals surface area contributed by atoms with Gasteiger partial charge in [-0.2, -0.15) is 0 Å². The quantitative estimate of drug-likeness (QED) is 0.511. The maximum absolute atomic E-state index is 12.4. The predicted octanol–water partition coefficient (Wildman–Crippen LogP) is 5.26. The molecular formula is C22H36N2O. The highest BCUT2D eigenvalue weighted by molar-refractivity contribution is 5.76. The van der Waals surface area contributed by atoms with Crippen LogP contribution in [0, 0.1) is 0 Å². The molecule has 0 aromatic heterocycles. The second-order valence-electron chi connectivity index (χ2n) is 7.28. The van der Waals surface area contributed by atoms with Crippen LogP contribution in [0.15, 0.2) is 30.3 Å². The number of nitrogens with zero attached hydrogens (tertiary/aromatic N) is 2. The van der Waals surface area contributed by atoms with E-state index in [2.05, 4.69) is 47.1 Å². The van der Waals surface area contributed by atoms with Gasteiger partial charge in [0.2, 0.25) is 5.91 Å². The van der Waals surface area contributed by atoms with Gasteiger partial charge in [0.25, 0.3) is 0 Å². The van der Waals surface area contributed by atoms with Crippen LogP contribution in [0.1, 0.15) is 71.1 Å². The Hall–Kier alpha value is -1.51. The second-order valence-corrected chi connectivity index (χ2v) is 7.28. The number of piperazine rings is 1. The molecule has 0 atom stereocenters. The molecule has 1 aliphatic heterocycles. The van der Waals surface area contributed by atoms with Gasteiger partial charge in [0.1, 0.15) is 0 Å². The number of carbonyl (C=O) groups excluding carboxylic acids is 1. The van der Waals surface area contributed by atoms with Crippen molar-refractivity contribution in [2.75, 3.05) is 31.1 Å². The molecule has 0 unspecified atom stereocenters. The fourth-order valence-electron chi connectivity index (χ4n) is 3.60. The van der Waals surface area contributed by atoms with Gasteiger partial charge >= 0.3 is 0 Å². The summed E-state index contributed by atoms with van der Waals surface area (Å²) < 4.78 is 0. The summed E-state index contributed by atoms with van der Waals surface area (Å²) in [6.07, 6.45) is 12.5. The molecule has 3 nitrogen and oxygen atoms in total. The Morgan fingerprint density at radius 3 is 1.96 bits per heavy atom. The molecule has 0 spiro atoms. The SMILES string of the molecule is CCCCCCCCCCCC(=O)N1CCN(c2ccccc2)CC1. The molecule has 1 amide bonds. The molecule has 0 saturated carbocycles. The van der Waals surface area contributed by atoms with Gasteiger partial charge in [-0.1, -0.05) is 76.5 Å². The van der Waals surface area contributed by atoms with Crippen molar-refractivity contribution in [3.05, 3.63) is 30.3 Å². The minimum Gasteiger partial charge on any atom is -0.368 e. The zero-order valence-electron chi connectivity index (χ0n) is 16.1. The van der Waals surface area contributed by atoms with E-state index in [1.54, 1.807) is 0 Å². The molecule has 140 valence electrons. The van der Waals surface area contributed by atoms with Crippen molar-refractivity contribution >= 4 is 11.6 Å². The zero-order valence-corrected chi connectivity index (χ0v) is 16.1. The van der Waals surface area contributed by atoms with Crippen molar-refractivity contribution in [2.24, 2.45) is 0 Å². The lowest BCUT2D eigenvalue weighted by molar-refractivity contribution is -0.131. The molecule has 1 aliphatic rings. The minimum absolute atomic E-state index is 0.357. The van der Waals surface area contributed by atoms with Crippen molar-refractivity contribution in [1.82, 2.24) is 4.90 Å². The first-order chi connectivity index (χ1) is 12.3. The van der Waals surface area contributed by atoms with Crippen LogP contribution in [0.25, 0.3) is 0 Å². The van der Waals surface area contributed by atoms with Crippen LogP contribution < -0.4 is 4.90 Å². The summed E-state index contributed by atoms with van der Waals surface area (Å²) in [5.41, 5.74) is 1.27. The van der Waals surface area contributed by atoms with Crippen molar-refractivity contribution in [3.63, 3.8) is 0 Å². The molecule has 0 N–H and O–H groups in total. The van der Waals surface area contributed by atoms with Crippen molar-refractivity contribution in [3.8, 4) is 0 Å². The molecule has 0 radical (unpaired) electrons. The maximum Gasteiger partial charge on any atom is 0.222 e. The second kappa shape index (κ2) is 11.9. The average Bonchev–Trinajstić information content (AvgIpc) is 2.67. The lowest BCUT2D eigenvalue weighted by atomic mass is 10.1. The first-order valence-corrected chi connectivity index (χ1v) is 10.4. The van der Waals surface area contributed by atoms with E-state index in [1.165, 1.54) is 57.1 Å². The molecule has 2 rings (SSSR count). The number of para-hydroxylation sites is 1. The average molecular weight is 345 g/mol. The summed E-state index contributed by atoms with van der Waals surface area (Å²) in [4.78, 5) is 16.8. The molecule has 25 heavy (non-hydrogen) atoms. The number of amides is 1. The minimum atomic E-state index is 0.357. The number of unbranched alkanes of at least 4 members (excludes halogenated alkanes) is 8. The van der Waals surface area contributed by atoms with Gasteiger partial charge in [-0.05, 0) is 18.6 Å². The molecule has 1 saturated heterocycles. The topological polar surface area (TPSA) is 23.6 Å². The van der Waals surface area contributed by atoms with Gasteiger partial charge in [-0.25, -0.2) is 0 Å². The van der Waals surface area contributed by atoms with Crippen LogP contribution in [-0.2, 0) is 4.79 Å². The van der Waals surface area contributed by atoms with Crippen molar-refractivity contribution in [1.29, 1.82) is 0 Å². The molecule has 3 heteroatoms. The number of rotatable bonds is 11. The third kappa shape index (κ3) is 7.50. The van der Waals surface area contributed by atoms with E-state index in [9.17, 15) is 4.79 Å². The van der Waals surface area contributed by atoms with E-state index >= 15 is 0 Å². The summed E-state index contributed by atoms with van der Waals surface area (Å²) in [6.45, 7) is 5.90. The summed E-state index contributed by atoms with van der Waals surface area (Å²) in [5.74, 6) is 0.357. The molecule has 0 bridgehead atoms. The van der Waals surface area contributed by atoms with Crippen LogP contribution in [0.3, 0.4) is 0 Å². The van der Waals surface area contributed by atoms with E-state index in [0.717, 1.165) is 39.0 Å². The molecule has 1 aromatic carbocycles. The number of hydrogen-bond acceptors (Lipinski definition) is 2. The molecule has 1 heterocycles. The Labute approximate surface area is 154 Å². The van der Waals surface area contributed by atoms with E-state index < -0.39 is 0 Å². The first kappa shape index (κ1) is 19.8. The zero-order chi connectivity index (χ0) is 17.7. The number of anilines is 1. The Morgan fingerprint density at radius 2 is 1.36 bits per heavy atom. The Kier molecular flexibility index (Phi) is 9.46. The normalized spacial score (nSPS) is 14.8. The van der Waals surface area contributed by atoms with E-state index in [1.807, 2.05) is 0 Å². The number of carbonyl (C=O) groups is 1. The smallest absolute Gasteiger partial charge is 0.222 e. The molecule has 0 aliphatic carbocycles. The molecule has 1 fully saturated rings. The molecular weight excluding hydrogens is 308 g/mol. The fraction of sp³-hybridized carbons (Fsp3) is 0.682. The maximum atomic E-state index is 12.4. The highest BCUT2D eigenvalue weighted by Gasteiger charge is 2.20. The third-order valence-electron chi connectivity index (χ3n) is 5.25. The summed E-state index contributed by atoms with van der Waals surface area (Å²) in [6, 6.07) is 10.5. The summed E-state index contributed by atoms with van der Waals surface area (Å²) >= 11 is 0. The van der Waals surface area contributed by atoms with Crippen LogP contribution >= 0.6 is 0 Å². The van der Waals surface area contributed by atoms with Crippen LogP contribution in [0.2, 0.25) is 0 Å². The van der Waals surface area contributed by atoms with Gasteiger partial charge in [0.05, 0.1) is 0 Å². The third-order valence-corrected chi connectivity index (χ3v) is 5.25. The Bertz CT molecular complexity index is 466. The van der Waals surface area contributed by atoms with E-state index in [-0.39, 0.29) is 0 Å². The lowest BCUT2D eigenvalue weighted by Crippen LogP contribution is -2.48. The number of benzene rings is 1. The summed E-state index contributed by atoms with van der Waals surface area (Å²) in [7, 11) is 0. The Balaban J connectivity index is 1.51. The summed E-state index contributed by atoms with van der Waals surface area (Å²) in [5, 5.41) is 0. The monoisotopic (exact) mass is 344 g/mol. The first-order valence-electron chi connectivity index (χ1n) is 10.4. The van der Waals surface area contributed by atoms with Crippen LogP contribution in [0.5, 0.6) is 0 Å². The van der Waals surface area contributed by atoms with Crippen molar-refractivity contribution < 1.29 is 4.79 Å². The van der Waals surface area contributed by atoms with Gasteiger partial charge < -0.3 is 9.80 Å². The van der Waals surface area contributed by atoms with E-state index in [4.69, 9.17) is 0 Å². The lowest BCUT2D eigenvalue weighted by Gasteiger charge is -2.36. The van der Waals surface area contributed by atoms with Crippen molar-refractivity contribution in [2.45, 2.75) is 71.1 Å². The highest BCUT2D eigenvalue weighted by Crippen LogP contribution is 2.16. The van der Waals surface area contributed by atoms with E-state index in [0.29, 0.717) is 5.91 Å². The van der Waals surface area contributed by atoms with Gasteiger partial charge in [0, 0.05) is 38.3 Å². The predicted molar refractivity (Wildman–Crippen MR) is 107 cm³/mol. The van der Waals surface area contributed by atoms with Gasteiger partial charge in [-0.3, -0.25) is 4.79 Å². The number of hydrogen-bond donors (Lipinski definition) is 0. The molecule has 1 aromatic rings. The highest BCUT2D eigenvalue weighted by atomic mass is 16.2. The van der Waals surface area contributed by atoms with Crippen LogP contribution in [0.4, 0.5) is 5.69 Å². The Morgan fingerprint density at radius 1 is 0.800 bits per heavy atom. The fourth-order valence-corrected chi connectivity index (χ4v) is 3.60. The van der Waals surface area contributed by atoms with Gasteiger partial charge in [0.15, 0.2) is 0 Å².